The second-order valence-electron chi connectivity index (χ2n) is 5.34. The SMILES string of the molecule is O=c1c(Cl)c(Cl)cnn1CN1CCN(c2cccc(Cl)c2)CC1. The summed E-state index contributed by atoms with van der Waals surface area (Å²) >= 11 is 17.7. The summed E-state index contributed by atoms with van der Waals surface area (Å²) in [5.74, 6) is 0. The molecule has 0 radical (unpaired) electrons. The van der Waals surface area contributed by atoms with Crippen molar-refractivity contribution >= 4 is 40.5 Å². The third-order valence-electron chi connectivity index (χ3n) is 3.82. The Bertz CT molecular complexity index is 757. The summed E-state index contributed by atoms with van der Waals surface area (Å²) in [5.41, 5.74) is 0.749. The fraction of sp³-hybridized carbons (Fsp3) is 0.333. The number of hydrogen-bond acceptors (Lipinski definition) is 4. The molecule has 1 aliphatic rings. The number of piperazine rings is 1. The number of benzene rings is 1. The molecule has 2 aromatic rings. The maximum Gasteiger partial charge on any atom is 0.288 e. The summed E-state index contributed by atoms with van der Waals surface area (Å²) in [6, 6.07) is 7.82. The number of nitrogens with zero attached hydrogens (tertiary/aromatic N) is 4. The van der Waals surface area contributed by atoms with Crippen molar-refractivity contribution < 1.29 is 0 Å². The molecule has 0 spiro atoms. The van der Waals surface area contributed by atoms with Crippen LogP contribution in [0.25, 0.3) is 0 Å². The molecule has 8 heteroatoms. The Hall–Kier alpha value is -1.27. The summed E-state index contributed by atoms with van der Waals surface area (Å²) in [7, 11) is 0. The fourth-order valence-electron chi connectivity index (χ4n) is 2.56. The Labute approximate surface area is 149 Å². The van der Waals surface area contributed by atoms with E-state index in [1.54, 1.807) is 0 Å². The van der Waals surface area contributed by atoms with Gasteiger partial charge in [-0.1, -0.05) is 40.9 Å². The topological polar surface area (TPSA) is 41.4 Å². The molecular weight excluding hydrogens is 359 g/mol. The highest BCUT2D eigenvalue weighted by molar-refractivity contribution is 6.41. The summed E-state index contributed by atoms with van der Waals surface area (Å²) < 4.78 is 1.34. The first-order valence-corrected chi connectivity index (χ1v) is 8.32. The van der Waals surface area contributed by atoms with Crippen LogP contribution >= 0.6 is 34.8 Å². The number of halogens is 3. The normalized spacial score (nSPS) is 15.9. The van der Waals surface area contributed by atoms with Gasteiger partial charge in [-0.3, -0.25) is 9.69 Å². The third-order valence-corrected chi connectivity index (χ3v) is 4.81. The van der Waals surface area contributed by atoms with Crippen molar-refractivity contribution in [1.29, 1.82) is 0 Å². The molecule has 1 fully saturated rings. The predicted octanol–water partition coefficient (Wildman–Crippen LogP) is 2.98. The van der Waals surface area contributed by atoms with E-state index < -0.39 is 0 Å². The van der Waals surface area contributed by atoms with Crippen LogP contribution in [0.4, 0.5) is 5.69 Å². The fourth-order valence-corrected chi connectivity index (χ4v) is 3.01. The molecule has 1 aromatic heterocycles. The van der Waals surface area contributed by atoms with Gasteiger partial charge in [0.25, 0.3) is 5.56 Å². The zero-order chi connectivity index (χ0) is 16.4. The molecule has 1 aromatic carbocycles. The number of anilines is 1. The average Bonchev–Trinajstić information content (AvgIpc) is 2.56. The zero-order valence-corrected chi connectivity index (χ0v) is 14.5. The molecule has 1 aliphatic heterocycles. The van der Waals surface area contributed by atoms with Crippen molar-refractivity contribution in [2.24, 2.45) is 0 Å². The Morgan fingerprint density at radius 1 is 1.09 bits per heavy atom. The first-order chi connectivity index (χ1) is 11.0. The van der Waals surface area contributed by atoms with Crippen LogP contribution in [0.1, 0.15) is 0 Å². The van der Waals surface area contributed by atoms with Crippen LogP contribution in [0.5, 0.6) is 0 Å². The first kappa shape index (κ1) is 16.6. The van der Waals surface area contributed by atoms with Gasteiger partial charge in [0.1, 0.15) is 5.02 Å². The Morgan fingerprint density at radius 2 is 1.83 bits per heavy atom. The lowest BCUT2D eigenvalue weighted by Gasteiger charge is -2.36. The smallest absolute Gasteiger partial charge is 0.288 e. The van der Waals surface area contributed by atoms with Crippen molar-refractivity contribution in [2.75, 3.05) is 31.1 Å². The third kappa shape index (κ3) is 3.80. The molecule has 0 amide bonds. The highest BCUT2D eigenvalue weighted by atomic mass is 35.5. The lowest BCUT2D eigenvalue weighted by atomic mass is 10.2. The summed E-state index contributed by atoms with van der Waals surface area (Å²) in [4.78, 5) is 16.4. The van der Waals surface area contributed by atoms with E-state index in [0.717, 1.165) is 36.9 Å². The summed E-state index contributed by atoms with van der Waals surface area (Å²) in [5, 5.41) is 4.96. The molecule has 0 unspecified atom stereocenters. The minimum atomic E-state index is -0.364. The van der Waals surface area contributed by atoms with E-state index >= 15 is 0 Å². The molecule has 0 N–H and O–H groups in total. The average molecular weight is 374 g/mol. The van der Waals surface area contributed by atoms with Gasteiger partial charge in [0.15, 0.2) is 0 Å². The van der Waals surface area contributed by atoms with E-state index in [1.807, 2.05) is 24.3 Å². The molecule has 0 saturated carbocycles. The molecule has 2 heterocycles. The Kier molecular flexibility index (Phi) is 5.11. The van der Waals surface area contributed by atoms with Crippen LogP contribution < -0.4 is 10.5 Å². The molecule has 1 saturated heterocycles. The van der Waals surface area contributed by atoms with E-state index in [1.165, 1.54) is 10.9 Å². The van der Waals surface area contributed by atoms with Crippen molar-refractivity contribution in [3.63, 3.8) is 0 Å². The number of aromatic nitrogens is 2. The molecule has 0 atom stereocenters. The van der Waals surface area contributed by atoms with Crippen molar-refractivity contribution in [2.45, 2.75) is 6.67 Å². The van der Waals surface area contributed by atoms with Crippen LogP contribution in [0, 0.1) is 0 Å². The Balaban J connectivity index is 1.64. The second kappa shape index (κ2) is 7.09. The molecule has 23 heavy (non-hydrogen) atoms. The lowest BCUT2D eigenvalue weighted by Crippen LogP contribution is -2.48. The first-order valence-electron chi connectivity index (χ1n) is 7.18. The summed E-state index contributed by atoms with van der Waals surface area (Å²) in [6.07, 6.45) is 1.40. The largest absolute Gasteiger partial charge is 0.369 e. The quantitative estimate of drug-likeness (QED) is 0.829. The van der Waals surface area contributed by atoms with Crippen LogP contribution in [0.2, 0.25) is 15.1 Å². The van der Waals surface area contributed by atoms with Crippen LogP contribution in [-0.4, -0.2) is 40.9 Å². The van der Waals surface area contributed by atoms with Crippen molar-refractivity contribution in [1.82, 2.24) is 14.7 Å². The molecule has 122 valence electrons. The Morgan fingerprint density at radius 3 is 2.52 bits per heavy atom. The van der Waals surface area contributed by atoms with Gasteiger partial charge >= 0.3 is 0 Å². The second-order valence-corrected chi connectivity index (χ2v) is 6.56. The van der Waals surface area contributed by atoms with E-state index in [0.29, 0.717) is 6.67 Å². The molecule has 5 nitrogen and oxygen atoms in total. The van der Waals surface area contributed by atoms with E-state index in [2.05, 4.69) is 14.9 Å². The van der Waals surface area contributed by atoms with E-state index in [4.69, 9.17) is 34.8 Å². The van der Waals surface area contributed by atoms with Gasteiger partial charge in [-0.2, -0.15) is 5.10 Å². The van der Waals surface area contributed by atoms with Crippen LogP contribution in [0.15, 0.2) is 35.3 Å². The van der Waals surface area contributed by atoms with Gasteiger partial charge in [-0.15, -0.1) is 0 Å². The monoisotopic (exact) mass is 372 g/mol. The van der Waals surface area contributed by atoms with E-state index in [9.17, 15) is 4.79 Å². The molecular formula is C15H15Cl3N4O. The molecule has 3 rings (SSSR count). The number of hydrogen-bond donors (Lipinski definition) is 0. The molecule has 0 bridgehead atoms. The molecule has 0 aliphatic carbocycles. The zero-order valence-electron chi connectivity index (χ0n) is 12.3. The van der Waals surface area contributed by atoms with E-state index in [-0.39, 0.29) is 15.6 Å². The maximum atomic E-state index is 12.0. The minimum Gasteiger partial charge on any atom is -0.369 e. The van der Waals surface area contributed by atoms with Gasteiger partial charge in [0, 0.05) is 36.9 Å². The van der Waals surface area contributed by atoms with Crippen LogP contribution in [-0.2, 0) is 6.67 Å². The maximum absolute atomic E-state index is 12.0. The summed E-state index contributed by atoms with van der Waals surface area (Å²) in [6.45, 7) is 3.76. The van der Waals surface area contributed by atoms with Gasteiger partial charge in [-0.25, -0.2) is 4.68 Å². The van der Waals surface area contributed by atoms with Gasteiger partial charge in [0.05, 0.1) is 17.9 Å². The predicted molar refractivity (Wildman–Crippen MR) is 93.8 cm³/mol. The minimum absolute atomic E-state index is 0.0132. The van der Waals surface area contributed by atoms with Crippen LogP contribution in [0.3, 0.4) is 0 Å². The standard InChI is InChI=1S/C15H15Cl3N4O/c16-11-2-1-3-12(8-11)21-6-4-20(5-7-21)10-22-15(23)14(18)13(17)9-19-22/h1-3,8-9H,4-7,10H2. The van der Waals surface area contributed by atoms with Gasteiger partial charge < -0.3 is 4.90 Å². The van der Waals surface area contributed by atoms with Gasteiger partial charge in [0.2, 0.25) is 0 Å². The van der Waals surface area contributed by atoms with Gasteiger partial charge in [-0.05, 0) is 18.2 Å². The highest BCUT2D eigenvalue weighted by Gasteiger charge is 2.19. The van der Waals surface area contributed by atoms with Crippen molar-refractivity contribution in [3.05, 3.63) is 55.9 Å². The highest BCUT2D eigenvalue weighted by Crippen LogP contribution is 2.21. The lowest BCUT2D eigenvalue weighted by molar-refractivity contribution is 0.191. The number of rotatable bonds is 3. The van der Waals surface area contributed by atoms with Crippen molar-refractivity contribution in [3.8, 4) is 0 Å².